The molecule has 2 rings (SSSR count). The van der Waals surface area contributed by atoms with E-state index in [4.69, 9.17) is 17.3 Å². The smallest absolute Gasteiger partial charge is 0.369 e. The van der Waals surface area contributed by atoms with Crippen LogP contribution in [0.3, 0.4) is 0 Å². The number of rotatable bonds is 3. The first-order chi connectivity index (χ1) is 9.20. The maximum atomic E-state index is 12.9. The van der Waals surface area contributed by atoms with Crippen LogP contribution in [0, 0.1) is 11.8 Å². The predicted octanol–water partition coefficient (Wildman–Crippen LogP) is 1.17. The van der Waals surface area contributed by atoms with Crippen LogP contribution in [-0.4, -0.2) is 39.6 Å². The van der Waals surface area contributed by atoms with Gasteiger partial charge in [-0.25, -0.2) is 4.98 Å². The summed E-state index contributed by atoms with van der Waals surface area (Å²) in [5.41, 5.74) is 5.07. The van der Waals surface area contributed by atoms with Gasteiger partial charge in [-0.3, -0.25) is 9.69 Å². The molecule has 9 heteroatoms. The van der Waals surface area contributed by atoms with Crippen LogP contribution < -0.4 is 5.73 Å². The molecule has 5 nitrogen and oxygen atoms in total. The molecule has 1 aliphatic rings. The molecule has 1 amide bonds. The molecule has 2 atom stereocenters. The van der Waals surface area contributed by atoms with E-state index in [2.05, 4.69) is 4.98 Å². The lowest BCUT2D eigenvalue weighted by molar-refractivity contribution is -0.182. The average molecular weight is 311 g/mol. The molecule has 2 N–H and O–H groups in total. The second-order valence-electron chi connectivity index (χ2n) is 4.91. The van der Waals surface area contributed by atoms with Crippen molar-refractivity contribution < 1.29 is 18.0 Å². The summed E-state index contributed by atoms with van der Waals surface area (Å²) < 4.78 is 40.3. The summed E-state index contributed by atoms with van der Waals surface area (Å²) in [4.78, 5) is 16.7. The van der Waals surface area contributed by atoms with E-state index < -0.39 is 23.9 Å². The van der Waals surface area contributed by atoms with E-state index in [0.29, 0.717) is 11.0 Å². The van der Waals surface area contributed by atoms with E-state index in [1.165, 1.54) is 11.1 Å². The topological polar surface area (TPSA) is 64.2 Å². The number of aromatic nitrogens is 2. The molecule has 1 fully saturated rings. The third kappa shape index (κ3) is 2.90. The van der Waals surface area contributed by atoms with Crippen molar-refractivity contribution in [2.45, 2.75) is 12.7 Å². The average Bonchev–Trinajstić information content (AvgIpc) is 2.88. The molecule has 1 aliphatic heterocycles. The van der Waals surface area contributed by atoms with Crippen molar-refractivity contribution in [1.29, 1.82) is 0 Å². The zero-order chi connectivity index (χ0) is 15.1. The van der Waals surface area contributed by atoms with Crippen LogP contribution in [0.5, 0.6) is 0 Å². The molecule has 1 saturated heterocycles. The van der Waals surface area contributed by atoms with E-state index >= 15 is 0 Å². The highest BCUT2D eigenvalue weighted by molar-refractivity contribution is 6.29. The third-order valence-corrected chi connectivity index (χ3v) is 3.93. The maximum Gasteiger partial charge on any atom is 0.393 e. The van der Waals surface area contributed by atoms with Crippen molar-refractivity contribution in [1.82, 2.24) is 14.5 Å². The third-order valence-electron chi connectivity index (χ3n) is 3.57. The summed E-state index contributed by atoms with van der Waals surface area (Å²) >= 11 is 5.82. The molecular formula is C11H14ClF3N4O. The number of halogens is 4. The van der Waals surface area contributed by atoms with Gasteiger partial charge in [0, 0.05) is 20.1 Å². The van der Waals surface area contributed by atoms with Crippen LogP contribution >= 0.6 is 11.6 Å². The Morgan fingerprint density at radius 3 is 2.60 bits per heavy atom. The van der Waals surface area contributed by atoms with Crippen LogP contribution in [-0.2, 0) is 18.4 Å². The number of likely N-dealkylation sites (tertiary alicyclic amines) is 1. The number of hydrogen-bond donors (Lipinski definition) is 1. The lowest BCUT2D eigenvalue weighted by Gasteiger charge is -2.18. The van der Waals surface area contributed by atoms with E-state index in [-0.39, 0.29) is 19.6 Å². The summed E-state index contributed by atoms with van der Waals surface area (Å²) in [5, 5.41) is 0.401. The number of alkyl halides is 3. The number of imidazole rings is 1. The first-order valence-electron chi connectivity index (χ1n) is 5.94. The highest BCUT2D eigenvalue weighted by atomic mass is 35.5. The van der Waals surface area contributed by atoms with Crippen molar-refractivity contribution >= 4 is 17.5 Å². The van der Waals surface area contributed by atoms with Gasteiger partial charge >= 0.3 is 6.18 Å². The number of nitrogens with zero attached hydrogens (tertiary/aromatic N) is 3. The zero-order valence-corrected chi connectivity index (χ0v) is 11.4. The summed E-state index contributed by atoms with van der Waals surface area (Å²) in [6.45, 7) is -0.0921. The van der Waals surface area contributed by atoms with Gasteiger partial charge in [0.2, 0.25) is 5.91 Å². The Bertz CT molecular complexity index is 516. The lowest BCUT2D eigenvalue weighted by Crippen LogP contribution is -2.37. The SMILES string of the molecule is Cn1c(Cl)cnc1CN1C[C@@H](C(F)(F)F)[C@H](C(N)=O)C1. The Labute approximate surface area is 118 Å². The predicted molar refractivity (Wildman–Crippen MR) is 65.7 cm³/mol. The van der Waals surface area contributed by atoms with Crippen LogP contribution in [0.2, 0.25) is 5.15 Å². The molecule has 112 valence electrons. The second-order valence-corrected chi connectivity index (χ2v) is 5.29. The van der Waals surface area contributed by atoms with Gasteiger partial charge in [-0.2, -0.15) is 13.2 Å². The standard InChI is InChI=1S/C11H14ClF3N4O/c1-18-8(12)2-17-9(18)5-19-3-6(10(16)20)7(4-19)11(13,14)15/h2,6-7H,3-5H2,1H3,(H2,16,20)/t6-,7-/m1/s1. The highest BCUT2D eigenvalue weighted by Crippen LogP contribution is 2.37. The minimum absolute atomic E-state index is 0.0238. The molecule has 0 saturated carbocycles. The molecule has 0 radical (unpaired) electrons. The van der Waals surface area contributed by atoms with Gasteiger partial charge in [0.25, 0.3) is 0 Å². The molecule has 2 heterocycles. The quantitative estimate of drug-likeness (QED) is 0.911. The van der Waals surface area contributed by atoms with Crippen LogP contribution in [0.4, 0.5) is 13.2 Å². The van der Waals surface area contributed by atoms with Crippen LogP contribution in [0.15, 0.2) is 6.20 Å². The van der Waals surface area contributed by atoms with Crippen molar-refractivity contribution in [2.24, 2.45) is 24.6 Å². The Hall–Kier alpha value is -1.28. The van der Waals surface area contributed by atoms with E-state index in [1.807, 2.05) is 0 Å². The number of hydrogen-bond acceptors (Lipinski definition) is 3. The minimum Gasteiger partial charge on any atom is -0.369 e. The van der Waals surface area contributed by atoms with Gasteiger partial charge in [0.05, 0.1) is 24.6 Å². The van der Waals surface area contributed by atoms with Gasteiger partial charge in [0.15, 0.2) is 0 Å². The molecule has 20 heavy (non-hydrogen) atoms. The summed E-state index contributed by atoms with van der Waals surface area (Å²) in [7, 11) is 1.67. The van der Waals surface area contributed by atoms with E-state index in [1.54, 1.807) is 11.6 Å². The molecule has 1 aromatic rings. The fourth-order valence-electron chi connectivity index (χ4n) is 2.41. The van der Waals surface area contributed by atoms with E-state index in [9.17, 15) is 18.0 Å². The lowest BCUT2D eigenvalue weighted by atomic mass is 9.95. The van der Waals surface area contributed by atoms with Crippen molar-refractivity contribution in [3.8, 4) is 0 Å². The monoisotopic (exact) mass is 310 g/mol. The second kappa shape index (κ2) is 5.25. The van der Waals surface area contributed by atoms with Gasteiger partial charge in [-0.15, -0.1) is 0 Å². The summed E-state index contributed by atoms with van der Waals surface area (Å²) in [6, 6.07) is 0. The van der Waals surface area contributed by atoms with Gasteiger partial charge in [-0.1, -0.05) is 11.6 Å². The van der Waals surface area contributed by atoms with Gasteiger partial charge in [-0.05, 0) is 0 Å². The normalized spacial score (nSPS) is 24.2. The molecule has 1 aromatic heterocycles. The molecular weight excluding hydrogens is 297 g/mol. The van der Waals surface area contributed by atoms with Crippen LogP contribution in [0.25, 0.3) is 0 Å². The summed E-state index contributed by atoms with van der Waals surface area (Å²) in [5.74, 6) is -3.32. The highest BCUT2D eigenvalue weighted by Gasteiger charge is 2.51. The first-order valence-corrected chi connectivity index (χ1v) is 6.32. The Kier molecular flexibility index (Phi) is 3.97. The molecule has 0 spiro atoms. The van der Waals surface area contributed by atoms with Gasteiger partial charge < -0.3 is 10.3 Å². The number of nitrogens with two attached hydrogens (primary N) is 1. The zero-order valence-electron chi connectivity index (χ0n) is 10.7. The Morgan fingerprint density at radius 2 is 2.20 bits per heavy atom. The fourth-order valence-corrected chi connectivity index (χ4v) is 2.55. The Morgan fingerprint density at radius 1 is 1.55 bits per heavy atom. The minimum atomic E-state index is -4.44. The first kappa shape index (κ1) is 15.1. The maximum absolute atomic E-state index is 12.9. The molecule has 0 unspecified atom stereocenters. The Balaban J connectivity index is 2.12. The summed E-state index contributed by atoms with van der Waals surface area (Å²) in [6.07, 6.45) is -3.01. The van der Waals surface area contributed by atoms with Gasteiger partial charge in [0.1, 0.15) is 11.0 Å². The van der Waals surface area contributed by atoms with Crippen molar-refractivity contribution in [2.75, 3.05) is 13.1 Å². The number of amides is 1. The van der Waals surface area contributed by atoms with Crippen LogP contribution in [0.1, 0.15) is 5.82 Å². The number of primary amides is 1. The van der Waals surface area contributed by atoms with Crippen molar-refractivity contribution in [3.05, 3.63) is 17.2 Å². The van der Waals surface area contributed by atoms with Crippen molar-refractivity contribution in [3.63, 3.8) is 0 Å². The largest absolute Gasteiger partial charge is 0.393 e. The molecule has 0 aromatic carbocycles. The van der Waals surface area contributed by atoms with E-state index in [0.717, 1.165) is 0 Å². The number of carbonyl (C=O) groups excluding carboxylic acids is 1. The number of carbonyl (C=O) groups is 1. The molecule has 0 bridgehead atoms. The molecule has 0 aliphatic carbocycles. The fraction of sp³-hybridized carbons (Fsp3) is 0.636.